The van der Waals surface area contributed by atoms with Crippen LogP contribution in [0.1, 0.15) is 37.0 Å². The third-order valence-electron chi connectivity index (χ3n) is 3.09. The van der Waals surface area contributed by atoms with Gasteiger partial charge in [-0.3, -0.25) is 0 Å². The van der Waals surface area contributed by atoms with Crippen molar-refractivity contribution in [3.05, 3.63) is 50.9 Å². The third kappa shape index (κ3) is 5.00. The number of nitrogens with zero attached hydrogens (tertiary/aromatic N) is 1. The van der Waals surface area contributed by atoms with Crippen molar-refractivity contribution >= 4 is 29.0 Å². The highest BCUT2D eigenvalue weighted by molar-refractivity contribution is 7.09. The molecule has 1 heterocycles. The summed E-state index contributed by atoms with van der Waals surface area (Å²) in [7, 11) is 0. The van der Waals surface area contributed by atoms with Crippen LogP contribution < -0.4 is 10.6 Å². The summed E-state index contributed by atoms with van der Waals surface area (Å²) in [5.74, 6) is 0. The molecule has 0 saturated carbocycles. The van der Waals surface area contributed by atoms with Gasteiger partial charge < -0.3 is 10.6 Å². The second kappa shape index (κ2) is 7.11. The molecule has 0 atom stereocenters. The zero-order valence-corrected chi connectivity index (χ0v) is 14.5. The summed E-state index contributed by atoms with van der Waals surface area (Å²) < 4.78 is 0. The Labute approximate surface area is 139 Å². The largest absolute Gasteiger partial charge is 0.334 e. The van der Waals surface area contributed by atoms with Crippen LogP contribution in [0.25, 0.3) is 0 Å². The number of carbonyl (C=O) groups is 1. The van der Waals surface area contributed by atoms with Crippen molar-refractivity contribution < 1.29 is 4.79 Å². The Morgan fingerprint density at radius 1 is 1.18 bits per heavy atom. The summed E-state index contributed by atoms with van der Waals surface area (Å²) in [5.41, 5.74) is 2.09. The molecule has 0 radical (unpaired) electrons. The van der Waals surface area contributed by atoms with Crippen molar-refractivity contribution in [1.82, 2.24) is 15.6 Å². The quantitative estimate of drug-likeness (QED) is 0.882. The van der Waals surface area contributed by atoms with Gasteiger partial charge >= 0.3 is 6.03 Å². The molecule has 0 spiro atoms. The van der Waals surface area contributed by atoms with Gasteiger partial charge in [-0.2, -0.15) is 0 Å². The van der Waals surface area contributed by atoms with E-state index in [4.69, 9.17) is 11.6 Å². The molecular formula is C16H20ClN3OS. The zero-order chi connectivity index (χ0) is 16.2. The summed E-state index contributed by atoms with van der Waals surface area (Å²) >= 11 is 7.39. The van der Waals surface area contributed by atoms with E-state index in [2.05, 4.69) is 36.4 Å². The number of thiazole rings is 1. The van der Waals surface area contributed by atoms with Crippen LogP contribution in [0.2, 0.25) is 5.02 Å². The van der Waals surface area contributed by atoms with Crippen molar-refractivity contribution in [2.75, 3.05) is 0 Å². The Morgan fingerprint density at radius 2 is 1.82 bits per heavy atom. The highest BCUT2D eigenvalue weighted by atomic mass is 35.5. The fraction of sp³-hybridized carbons (Fsp3) is 0.375. The molecule has 0 fully saturated rings. The van der Waals surface area contributed by atoms with Gasteiger partial charge in [0.05, 0.1) is 12.2 Å². The average molecular weight is 338 g/mol. The van der Waals surface area contributed by atoms with Crippen LogP contribution >= 0.6 is 22.9 Å². The number of rotatable bonds is 4. The number of halogens is 1. The van der Waals surface area contributed by atoms with Crippen LogP contribution in [0.3, 0.4) is 0 Å². The molecule has 0 aliphatic carbocycles. The van der Waals surface area contributed by atoms with E-state index in [9.17, 15) is 4.79 Å². The van der Waals surface area contributed by atoms with Gasteiger partial charge in [-0.25, -0.2) is 9.78 Å². The molecule has 0 bridgehead atoms. The lowest BCUT2D eigenvalue weighted by Crippen LogP contribution is -2.34. The zero-order valence-electron chi connectivity index (χ0n) is 12.9. The van der Waals surface area contributed by atoms with Gasteiger partial charge in [0.25, 0.3) is 0 Å². The maximum Gasteiger partial charge on any atom is 0.315 e. The van der Waals surface area contributed by atoms with Crippen molar-refractivity contribution in [3.63, 3.8) is 0 Å². The fourth-order valence-corrected chi connectivity index (χ4v) is 2.83. The van der Waals surface area contributed by atoms with E-state index in [1.807, 2.05) is 17.5 Å². The van der Waals surface area contributed by atoms with Crippen molar-refractivity contribution in [2.24, 2.45) is 0 Å². The smallest absolute Gasteiger partial charge is 0.315 e. The van der Waals surface area contributed by atoms with E-state index < -0.39 is 0 Å². The van der Waals surface area contributed by atoms with E-state index in [-0.39, 0.29) is 11.4 Å². The first kappa shape index (κ1) is 16.8. The molecule has 118 valence electrons. The number of hydrogen-bond acceptors (Lipinski definition) is 3. The number of aromatic nitrogens is 1. The second-order valence-corrected chi connectivity index (χ2v) is 7.42. The minimum Gasteiger partial charge on any atom is -0.334 e. The van der Waals surface area contributed by atoms with Gasteiger partial charge in [0, 0.05) is 22.4 Å². The van der Waals surface area contributed by atoms with Gasteiger partial charge in [-0.05, 0) is 17.7 Å². The fourth-order valence-electron chi connectivity index (χ4n) is 1.74. The molecular weight excluding hydrogens is 318 g/mol. The van der Waals surface area contributed by atoms with Crippen LogP contribution in [-0.4, -0.2) is 11.0 Å². The van der Waals surface area contributed by atoms with Gasteiger partial charge in [0.1, 0.15) is 5.01 Å². The predicted molar refractivity (Wildman–Crippen MR) is 91.3 cm³/mol. The molecule has 6 heteroatoms. The molecule has 22 heavy (non-hydrogen) atoms. The van der Waals surface area contributed by atoms with Crippen molar-refractivity contribution in [3.8, 4) is 0 Å². The molecule has 0 unspecified atom stereocenters. The molecule has 0 aliphatic heterocycles. The lowest BCUT2D eigenvalue weighted by Gasteiger charge is -2.14. The molecule has 4 nitrogen and oxygen atoms in total. The Kier molecular flexibility index (Phi) is 5.42. The summed E-state index contributed by atoms with van der Waals surface area (Å²) in [6.07, 6.45) is 0. The first-order valence-electron chi connectivity index (χ1n) is 7.05. The number of carbonyl (C=O) groups excluding carboxylic acids is 1. The van der Waals surface area contributed by atoms with Crippen LogP contribution in [-0.2, 0) is 18.5 Å². The van der Waals surface area contributed by atoms with E-state index in [0.717, 1.165) is 16.3 Å². The van der Waals surface area contributed by atoms with Gasteiger partial charge in [-0.1, -0.05) is 44.5 Å². The topological polar surface area (TPSA) is 54.0 Å². The SMILES string of the molecule is CC(C)(C)c1csc(CNC(=O)NCc2ccc(Cl)cc2)n1. The van der Waals surface area contributed by atoms with Crippen molar-refractivity contribution in [1.29, 1.82) is 0 Å². The molecule has 2 aromatic rings. The standard InChI is InChI=1S/C16H20ClN3OS/c1-16(2,3)13-10-22-14(20-13)9-19-15(21)18-8-11-4-6-12(17)7-5-11/h4-7,10H,8-9H2,1-3H3,(H2,18,19,21). The summed E-state index contributed by atoms with van der Waals surface area (Å²) in [6, 6.07) is 7.18. The van der Waals surface area contributed by atoms with Crippen molar-refractivity contribution in [2.45, 2.75) is 39.3 Å². The number of hydrogen-bond donors (Lipinski definition) is 2. The van der Waals surface area contributed by atoms with Gasteiger partial charge in [0.2, 0.25) is 0 Å². The first-order valence-corrected chi connectivity index (χ1v) is 8.31. The normalized spacial score (nSPS) is 11.3. The molecule has 2 amide bonds. The number of urea groups is 1. The number of nitrogens with one attached hydrogen (secondary N) is 2. The second-order valence-electron chi connectivity index (χ2n) is 6.04. The monoisotopic (exact) mass is 337 g/mol. The lowest BCUT2D eigenvalue weighted by atomic mass is 9.93. The van der Waals surface area contributed by atoms with E-state index in [1.165, 1.54) is 0 Å². The Morgan fingerprint density at radius 3 is 2.41 bits per heavy atom. The third-order valence-corrected chi connectivity index (χ3v) is 4.19. The van der Waals surface area contributed by atoms with Gasteiger partial charge in [-0.15, -0.1) is 11.3 Å². The molecule has 0 saturated heterocycles. The Bertz CT molecular complexity index is 632. The van der Waals surface area contributed by atoms with Gasteiger partial charge in [0.15, 0.2) is 0 Å². The van der Waals surface area contributed by atoms with Crippen LogP contribution in [0, 0.1) is 0 Å². The van der Waals surface area contributed by atoms with E-state index in [0.29, 0.717) is 18.1 Å². The molecule has 0 aliphatic rings. The highest BCUT2D eigenvalue weighted by Crippen LogP contribution is 2.23. The minimum atomic E-state index is -0.206. The minimum absolute atomic E-state index is 0.0333. The van der Waals surface area contributed by atoms with E-state index >= 15 is 0 Å². The first-order chi connectivity index (χ1) is 10.3. The highest BCUT2D eigenvalue weighted by Gasteiger charge is 2.17. The summed E-state index contributed by atoms with van der Waals surface area (Å²) in [6.45, 7) is 7.27. The number of benzene rings is 1. The molecule has 1 aromatic carbocycles. The lowest BCUT2D eigenvalue weighted by molar-refractivity contribution is 0.240. The van der Waals surface area contributed by atoms with Crippen LogP contribution in [0.5, 0.6) is 0 Å². The average Bonchev–Trinajstić information content (AvgIpc) is 2.93. The van der Waals surface area contributed by atoms with E-state index in [1.54, 1.807) is 23.5 Å². The van der Waals surface area contributed by atoms with Crippen LogP contribution in [0.4, 0.5) is 4.79 Å². The maximum atomic E-state index is 11.8. The predicted octanol–water partition coefficient (Wildman–Crippen LogP) is 4.09. The number of amides is 2. The molecule has 2 N–H and O–H groups in total. The molecule has 1 aromatic heterocycles. The summed E-state index contributed by atoms with van der Waals surface area (Å²) in [5, 5.41) is 9.27. The maximum absolute atomic E-state index is 11.8. The Hall–Kier alpha value is -1.59. The van der Waals surface area contributed by atoms with Crippen LogP contribution in [0.15, 0.2) is 29.6 Å². The molecule has 2 rings (SSSR count). The Balaban J connectivity index is 1.78. The summed E-state index contributed by atoms with van der Waals surface area (Å²) in [4.78, 5) is 16.3.